The minimum absolute atomic E-state index is 0.309. The Hall–Kier alpha value is -1.10. The van der Waals surface area contributed by atoms with E-state index in [1.165, 1.54) is 31.9 Å². The molecular formula is C16H15BrN2S. The van der Waals surface area contributed by atoms with Gasteiger partial charge in [-0.2, -0.15) is 0 Å². The minimum Gasteiger partial charge on any atom is -0.357 e. The molecule has 20 heavy (non-hydrogen) atoms. The van der Waals surface area contributed by atoms with Gasteiger partial charge in [-0.15, -0.1) is 11.3 Å². The van der Waals surface area contributed by atoms with Gasteiger partial charge < -0.3 is 10.3 Å². The summed E-state index contributed by atoms with van der Waals surface area (Å²) in [5.74, 6) is 0. The number of rotatable bonds is 1. The first kappa shape index (κ1) is 12.6. The molecule has 0 bridgehead atoms. The van der Waals surface area contributed by atoms with E-state index in [1.807, 2.05) is 11.3 Å². The zero-order chi connectivity index (χ0) is 13.7. The molecule has 0 spiro atoms. The van der Waals surface area contributed by atoms with Crippen molar-refractivity contribution < 1.29 is 0 Å². The lowest BCUT2D eigenvalue weighted by Gasteiger charge is -2.23. The molecule has 102 valence electrons. The number of thiophene rings is 1. The maximum Gasteiger partial charge on any atom is 0.0826 e. The molecule has 0 aliphatic carbocycles. The number of nitrogens with one attached hydrogen (secondary N) is 2. The normalized spacial score (nSPS) is 18.4. The Bertz CT molecular complexity index is 787. The zero-order valence-corrected chi connectivity index (χ0v) is 13.6. The fraction of sp³-hybridized carbons (Fsp3) is 0.250. The molecule has 2 N–H and O–H groups in total. The fourth-order valence-corrected chi connectivity index (χ4v) is 4.38. The van der Waals surface area contributed by atoms with Gasteiger partial charge in [0, 0.05) is 37.4 Å². The van der Waals surface area contributed by atoms with Crippen molar-refractivity contribution in [1.82, 2.24) is 10.3 Å². The zero-order valence-electron chi connectivity index (χ0n) is 11.2. The second-order valence-corrected chi connectivity index (χ2v) is 7.53. The molecule has 1 aliphatic rings. The molecular weight excluding hydrogens is 332 g/mol. The first-order chi connectivity index (χ1) is 9.72. The largest absolute Gasteiger partial charge is 0.357 e. The summed E-state index contributed by atoms with van der Waals surface area (Å²) in [6.07, 6.45) is 1.09. The Kier molecular flexibility index (Phi) is 2.98. The Labute approximate surface area is 130 Å². The van der Waals surface area contributed by atoms with Crippen LogP contribution in [0.3, 0.4) is 0 Å². The van der Waals surface area contributed by atoms with Crippen molar-refractivity contribution in [1.29, 1.82) is 0 Å². The molecule has 0 fully saturated rings. The first-order valence-corrected chi connectivity index (χ1v) is 8.43. The van der Waals surface area contributed by atoms with E-state index in [-0.39, 0.29) is 0 Å². The van der Waals surface area contributed by atoms with Crippen LogP contribution < -0.4 is 5.32 Å². The quantitative estimate of drug-likeness (QED) is 0.665. The molecule has 4 heteroatoms. The SMILES string of the molecule is Cc1ccc(C2NCCc3c2[nH]c2ccc(Br)cc32)s1. The number of aryl methyl sites for hydroxylation is 1. The monoisotopic (exact) mass is 346 g/mol. The predicted molar refractivity (Wildman–Crippen MR) is 88.6 cm³/mol. The predicted octanol–water partition coefficient (Wildman–Crippen LogP) is 4.54. The van der Waals surface area contributed by atoms with Gasteiger partial charge in [0.2, 0.25) is 0 Å². The molecule has 2 aromatic heterocycles. The van der Waals surface area contributed by atoms with E-state index in [0.29, 0.717) is 6.04 Å². The molecule has 0 amide bonds. The van der Waals surface area contributed by atoms with Crippen molar-refractivity contribution in [3.8, 4) is 0 Å². The van der Waals surface area contributed by atoms with Gasteiger partial charge in [-0.1, -0.05) is 15.9 Å². The Morgan fingerprint density at radius 2 is 2.15 bits per heavy atom. The summed E-state index contributed by atoms with van der Waals surface area (Å²) in [7, 11) is 0. The summed E-state index contributed by atoms with van der Waals surface area (Å²) in [5, 5.41) is 5.00. The van der Waals surface area contributed by atoms with Crippen LogP contribution in [0.15, 0.2) is 34.8 Å². The molecule has 0 saturated carbocycles. The molecule has 3 aromatic rings. The third-order valence-electron chi connectivity index (χ3n) is 3.96. The Morgan fingerprint density at radius 3 is 2.95 bits per heavy atom. The van der Waals surface area contributed by atoms with Gasteiger partial charge in [-0.3, -0.25) is 0 Å². The molecule has 2 nitrogen and oxygen atoms in total. The molecule has 1 atom stereocenters. The smallest absolute Gasteiger partial charge is 0.0826 e. The summed E-state index contributed by atoms with van der Waals surface area (Å²) < 4.78 is 1.15. The first-order valence-electron chi connectivity index (χ1n) is 6.82. The summed E-state index contributed by atoms with van der Waals surface area (Å²) >= 11 is 5.46. The number of halogens is 1. The standard InChI is InChI=1S/C16H15BrN2S/c1-9-2-5-14(20-9)16-15-11(6-7-18-16)12-8-10(17)3-4-13(12)19-15/h2-5,8,16,18-19H,6-7H2,1H3. The summed E-state index contributed by atoms with van der Waals surface area (Å²) in [5.41, 5.74) is 4.04. The van der Waals surface area contributed by atoms with E-state index < -0.39 is 0 Å². The highest BCUT2D eigenvalue weighted by atomic mass is 79.9. The van der Waals surface area contributed by atoms with Crippen LogP contribution in [0.25, 0.3) is 10.9 Å². The molecule has 1 aromatic carbocycles. The van der Waals surface area contributed by atoms with Crippen LogP contribution in [-0.2, 0) is 6.42 Å². The highest BCUT2D eigenvalue weighted by molar-refractivity contribution is 9.10. The Morgan fingerprint density at radius 1 is 1.25 bits per heavy atom. The molecule has 1 aliphatic heterocycles. The van der Waals surface area contributed by atoms with Crippen molar-refractivity contribution in [3.63, 3.8) is 0 Å². The van der Waals surface area contributed by atoms with Crippen molar-refractivity contribution >= 4 is 38.2 Å². The third kappa shape index (κ3) is 1.94. The van der Waals surface area contributed by atoms with Crippen LogP contribution >= 0.6 is 27.3 Å². The average molecular weight is 347 g/mol. The van der Waals surface area contributed by atoms with E-state index in [4.69, 9.17) is 0 Å². The lowest BCUT2D eigenvalue weighted by Crippen LogP contribution is -2.29. The van der Waals surface area contributed by atoms with E-state index >= 15 is 0 Å². The van der Waals surface area contributed by atoms with Gasteiger partial charge in [0.1, 0.15) is 0 Å². The van der Waals surface area contributed by atoms with Crippen molar-refractivity contribution in [3.05, 3.63) is 55.8 Å². The van der Waals surface area contributed by atoms with Gasteiger partial charge in [-0.25, -0.2) is 0 Å². The lowest BCUT2D eigenvalue weighted by atomic mass is 9.98. The van der Waals surface area contributed by atoms with Crippen LogP contribution in [0, 0.1) is 6.92 Å². The van der Waals surface area contributed by atoms with Gasteiger partial charge in [0.15, 0.2) is 0 Å². The topological polar surface area (TPSA) is 27.8 Å². The van der Waals surface area contributed by atoms with Gasteiger partial charge in [0.25, 0.3) is 0 Å². The number of hydrogen-bond donors (Lipinski definition) is 2. The van der Waals surface area contributed by atoms with E-state index in [9.17, 15) is 0 Å². The average Bonchev–Trinajstić information content (AvgIpc) is 3.02. The number of aromatic nitrogens is 1. The summed E-state index contributed by atoms with van der Waals surface area (Å²) in [6.45, 7) is 3.20. The summed E-state index contributed by atoms with van der Waals surface area (Å²) in [4.78, 5) is 6.39. The fourth-order valence-electron chi connectivity index (χ4n) is 3.05. The highest BCUT2D eigenvalue weighted by Gasteiger charge is 2.26. The number of H-pyrrole nitrogens is 1. The van der Waals surface area contributed by atoms with Crippen LogP contribution in [0.5, 0.6) is 0 Å². The van der Waals surface area contributed by atoms with Crippen molar-refractivity contribution in [2.75, 3.05) is 6.54 Å². The van der Waals surface area contributed by atoms with Gasteiger partial charge in [0.05, 0.1) is 6.04 Å². The molecule has 0 saturated heterocycles. The molecule has 4 rings (SSSR count). The number of benzene rings is 1. The molecule has 3 heterocycles. The lowest BCUT2D eigenvalue weighted by molar-refractivity contribution is 0.567. The van der Waals surface area contributed by atoms with Crippen LogP contribution in [0.1, 0.15) is 27.1 Å². The highest BCUT2D eigenvalue weighted by Crippen LogP contribution is 2.36. The van der Waals surface area contributed by atoms with E-state index in [1.54, 1.807) is 0 Å². The van der Waals surface area contributed by atoms with Gasteiger partial charge in [-0.05, 0) is 49.2 Å². The van der Waals surface area contributed by atoms with Crippen LogP contribution in [-0.4, -0.2) is 11.5 Å². The second-order valence-electron chi connectivity index (χ2n) is 5.29. The van der Waals surface area contributed by atoms with Crippen molar-refractivity contribution in [2.24, 2.45) is 0 Å². The van der Waals surface area contributed by atoms with Crippen LogP contribution in [0.4, 0.5) is 0 Å². The second kappa shape index (κ2) is 4.72. The Balaban J connectivity index is 1.90. The van der Waals surface area contributed by atoms with E-state index in [2.05, 4.69) is 63.5 Å². The number of hydrogen-bond acceptors (Lipinski definition) is 2. The van der Waals surface area contributed by atoms with Crippen LogP contribution in [0.2, 0.25) is 0 Å². The molecule has 0 radical (unpaired) electrons. The van der Waals surface area contributed by atoms with Crippen molar-refractivity contribution in [2.45, 2.75) is 19.4 Å². The summed E-state index contributed by atoms with van der Waals surface area (Å²) in [6, 6.07) is 11.2. The van der Waals surface area contributed by atoms with Gasteiger partial charge >= 0.3 is 0 Å². The number of fused-ring (bicyclic) bond motifs is 3. The minimum atomic E-state index is 0.309. The van der Waals surface area contributed by atoms with E-state index in [0.717, 1.165) is 17.4 Å². The third-order valence-corrected chi connectivity index (χ3v) is 5.52. The maximum absolute atomic E-state index is 3.65. The maximum atomic E-state index is 3.65. The number of aromatic amines is 1. The molecule has 1 unspecified atom stereocenters.